The average Bonchev–Trinajstić information content (AvgIpc) is 2.72. The zero-order valence-corrected chi connectivity index (χ0v) is 7.83. The summed E-state index contributed by atoms with van der Waals surface area (Å²) < 4.78 is 1.73. The van der Waals surface area contributed by atoms with Crippen LogP contribution in [0.4, 0.5) is 5.82 Å². The van der Waals surface area contributed by atoms with E-state index in [4.69, 9.17) is 0 Å². The smallest absolute Gasteiger partial charge is 0.137 e. The molecule has 5 heteroatoms. The van der Waals surface area contributed by atoms with Crippen molar-refractivity contribution in [1.82, 2.24) is 19.7 Å². The molecule has 2 heterocycles. The van der Waals surface area contributed by atoms with Crippen LogP contribution in [-0.4, -0.2) is 19.7 Å². The van der Waals surface area contributed by atoms with Crippen molar-refractivity contribution in [3.63, 3.8) is 0 Å². The highest BCUT2D eigenvalue weighted by Gasteiger charge is 2.03. The second-order valence-electron chi connectivity index (χ2n) is 2.91. The largest absolute Gasteiger partial charge is 0.349 e. The van der Waals surface area contributed by atoms with E-state index in [9.17, 15) is 0 Å². The van der Waals surface area contributed by atoms with Gasteiger partial charge in [-0.25, -0.2) is 14.6 Å². The summed E-state index contributed by atoms with van der Waals surface area (Å²) in [7, 11) is 0. The molecule has 0 unspecified atom stereocenters. The molecule has 2 aromatic heterocycles. The highest BCUT2D eigenvalue weighted by Crippen LogP contribution is 2.08. The molecule has 0 radical (unpaired) electrons. The number of pyridine rings is 1. The maximum absolute atomic E-state index is 4.16. The third-order valence-corrected chi connectivity index (χ3v) is 1.86. The lowest BCUT2D eigenvalue weighted by molar-refractivity contribution is 0.542. The average molecular weight is 189 g/mol. The van der Waals surface area contributed by atoms with E-state index in [2.05, 4.69) is 20.4 Å². The normalized spacial score (nSPS) is 12.4. The zero-order chi connectivity index (χ0) is 9.80. The molecule has 0 amide bonds. The van der Waals surface area contributed by atoms with Gasteiger partial charge in [-0.1, -0.05) is 6.07 Å². The maximum Gasteiger partial charge on any atom is 0.137 e. The fraction of sp³-hybridized carbons (Fsp3) is 0.222. The Kier molecular flexibility index (Phi) is 2.40. The molecule has 72 valence electrons. The van der Waals surface area contributed by atoms with Crippen LogP contribution in [0.15, 0.2) is 37.1 Å². The summed E-state index contributed by atoms with van der Waals surface area (Å²) in [5.74, 6) is 0.829. The van der Waals surface area contributed by atoms with Gasteiger partial charge in [-0.05, 0) is 19.1 Å². The Morgan fingerprint density at radius 1 is 1.43 bits per heavy atom. The van der Waals surface area contributed by atoms with Crippen LogP contribution in [0.2, 0.25) is 0 Å². The van der Waals surface area contributed by atoms with E-state index in [-0.39, 0.29) is 6.17 Å². The lowest BCUT2D eigenvalue weighted by Gasteiger charge is -2.13. The molecule has 2 rings (SSSR count). The van der Waals surface area contributed by atoms with Crippen LogP contribution >= 0.6 is 0 Å². The summed E-state index contributed by atoms with van der Waals surface area (Å²) in [5, 5.41) is 7.22. The number of aromatic nitrogens is 4. The van der Waals surface area contributed by atoms with Gasteiger partial charge in [0.2, 0.25) is 0 Å². The Morgan fingerprint density at radius 2 is 2.36 bits per heavy atom. The molecule has 0 aliphatic rings. The summed E-state index contributed by atoms with van der Waals surface area (Å²) >= 11 is 0. The van der Waals surface area contributed by atoms with Gasteiger partial charge in [0.15, 0.2) is 0 Å². The molecule has 2 aromatic rings. The van der Waals surface area contributed by atoms with Gasteiger partial charge in [-0.2, -0.15) is 5.10 Å². The van der Waals surface area contributed by atoms with Crippen molar-refractivity contribution in [2.24, 2.45) is 0 Å². The first kappa shape index (κ1) is 8.68. The van der Waals surface area contributed by atoms with Crippen molar-refractivity contribution in [2.75, 3.05) is 5.32 Å². The van der Waals surface area contributed by atoms with Gasteiger partial charge in [0.25, 0.3) is 0 Å². The van der Waals surface area contributed by atoms with Crippen molar-refractivity contribution in [3.8, 4) is 0 Å². The fourth-order valence-corrected chi connectivity index (χ4v) is 1.15. The molecule has 0 bridgehead atoms. The number of nitrogens with zero attached hydrogens (tertiary/aromatic N) is 4. The number of rotatable bonds is 3. The van der Waals surface area contributed by atoms with Crippen LogP contribution in [0.3, 0.4) is 0 Å². The van der Waals surface area contributed by atoms with Gasteiger partial charge in [0.05, 0.1) is 0 Å². The Morgan fingerprint density at radius 3 is 3.00 bits per heavy atom. The molecule has 5 nitrogen and oxygen atoms in total. The van der Waals surface area contributed by atoms with Crippen LogP contribution < -0.4 is 5.32 Å². The van der Waals surface area contributed by atoms with Gasteiger partial charge in [0.1, 0.15) is 24.6 Å². The number of hydrogen-bond acceptors (Lipinski definition) is 4. The molecule has 14 heavy (non-hydrogen) atoms. The van der Waals surface area contributed by atoms with E-state index in [1.165, 1.54) is 6.33 Å². The van der Waals surface area contributed by atoms with Crippen LogP contribution in [0.5, 0.6) is 0 Å². The summed E-state index contributed by atoms with van der Waals surface area (Å²) in [6.45, 7) is 1.99. The minimum Gasteiger partial charge on any atom is -0.349 e. The van der Waals surface area contributed by atoms with Crippen molar-refractivity contribution in [3.05, 3.63) is 37.1 Å². The van der Waals surface area contributed by atoms with Gasteiger partial charge in [-0.3, -0.25) is 0 Å². The fourth-order valence-electron chi connectivity index (χ4n) is 1.15. The van der Waals surface area contributed by atoms with Crippen molar-refractivity contribution in [1.29, 1.82) is 0 Å². The topological polar surface area (TPSA) is 55.6 Å². The molecular formula is C9H11N5. The van der Waals surface area contributed by atoms with Crippen molar-refractivity contribution >= 4 is 5.82 Å². The molecule has 0 aliphatic carbocycles. The minimum absolute atomic E-state index is 0.0485. The molecule has 0 spiro atoms. The Bertz CT molecular complexity index is 369. The second-order valence-corrected chi connectivity index (χ2v) is 2.91. The highest BCUT2D eigenvalue weighted by molar-refractivity contribution is 5.33. The molecule has 1 atom stereocenters. The highest BCUT2D eigenvalue weighted by atomic mass is 15.4. The summed E-state index contributed by atoms with van der Waals surface area (Å²) in [6, 6.07) is 5.72. The van der Waals surface area contributed by atoms with E-state index < -0.39 is 0 Å². The van der Waals surface area contributed by atoms with Gasteiger partial charge >= 0.3 is 0 Å². The predicted molar refractivity (Wildman–Crippen MR) is 52.6 cm³/mol. The number of hydrogen-bond donors (Lipinski definition) is 1. The van der Waals surface area contributed by atoms with E-state index in [0.717, 1.165) is 5.82 Å². The van der Waals surface area contributed by atoms with E-state index >= 15 is 0 Å². The van der Waals surface area contributed by atoms with Gasteiger partial charge in [0, 0.05) is 6.20 Å². The SMILES string of the molecule is C[C@H](Nc1ccccn1)n1cncn1. The molecule has 0 fully saturated rings. The van der Waals surface area contributed by atoms with Crippen LogP contribution in [0.25, 0.3) is 0 Å². The second kappa shape index (κ2) is 3.87. The lowest BCUT2D eigenvalue weighted by Crippen LogP contribution is -2.15. The van der Waals surface area contributed by atoms with Crippen molar-refractivity contribution < 1.29 is 0 Å². The molecule has 1 N–H and O–H groups in total. The Labute approximate surface area is 81.8 Å². The molecule has 0 saturated heterocycles. The summed E-state index contributed by atoms with van der Waals surface area (Å²) in [6.07, 6.45) is 4.97. The van der Waals surface area contributed by atoms with E-state index in [0.29, 0.717) is 0 Å². The van der Waals surface area contributed by atoms with E-state index in [1.54, 1.807) is 17.2 Å². The zero-order valence-electron chi connectivity index (χ0n) is 7.83. The predicted octanol–water partition coefficient (Wildman–Crippen LogP) is 1.30. The summed E-state index contributed by atoms with van der Waals surface area (Å²) in [5.41, 5.74) is 0. The van der Waals surface area contributed by atoms with Crippen LogP contribution in [-0.2, 0) is 0 Å². The Balaban J connectivity index is 2.06. The molecule has 0 aromatic carbocycles. The van der Waals surface area contributed by atoms with Crippen LogP contribution in [0, 0.1) is 0 Å². The first-order chi connectivity index (χ1) is 6.86. The maximum atomic E-state index is 4.16. The molecule has 0 aliphatic heterocycles. The van der Waals surface area contributed by atoms with E-state index in [1.807, 2.05) is 25.1 Å². The Hall–Kier alpha value is -1.91. The molecular weight excluding hydrogens is 178 g/mol. The van der Waals surface area contributed by atoms with Crippen molar-refractivity contribution in [2.45, 2.75) is 13.1 Å². The lowest BCUT2D eigenvalue weighted by atomic mass is 10.4. The first-order valence-corrected chi connectivity index (χ1v) is 4.38. The number of anilines is 1. The number of nitrogens with one attached hydrogen (secondary N) is 1. The first-order valence-electron chi connectivity index (χ1n) is 4.38. The van der Waals surface area contributed by atoms with Crippen LogP contribution in [0.1, 0.15) is 13.1 Å². The quantitative estimate of drug-likeness (QED) is 0.790. The standard InChI is InChI=1S/C9H11N5/c1-8(14-7-10-6-12-14)13-9-4-2-3-5-11-9/h2-8H,1H3,(H,11,13)/t8-/m1/s1. The monoisotopic (exact) mass is 189 g/mol. The van der Waals surface area contributed by atoms with Gasteiger partial charge in [-0.15, -0.1) is 0 Å². The minimum atomic E-state index is 0.0485. The third kappa shape index (κ3) is 1.87. The molecule has 0 saturated carbocycles. The summed E-state index contributed by atoms with van der Waals surface area (Å²) in [4.78, 5) is 8.03. The third-order valence-electron chi connectivity index (χ3n) is 1.86. The van der Waals surface area contributed by atoms with Gasteiger partial charge < -0.3 is 5.32 Å².